The summed E-state index contributed by atoms with van der Waals surface area (Å²) in [4.78, 5) is 8.47. The number of hydrogen-bond acceptors (Lipinski definition) is 5. The van der Waals surface area contributed by atoms with Crippen LogP contribution < -0.4 is 4.72 Å². The van der Waals surface area contributed by atoms with Crippen molar-refractivity contribution in [3.63, 3.8) is 0 Å². The fourth-order valence-corrected chi connectivity index (χ4v) is 3.91. The molecule has 4 aromatic rings. The molecule has 0 unspecified atom stereocenters. The van der Waals surface area contributed by atoms with Gasteiger partial charge in [0.1, 0.15) is 6.33 Å². The first-order valence-electron chi connectivity index (χ1n) is 8.25. The van der Waals surface area contributed by atoms with Crippen LogP contribution in [0, 0.1) is 0 Å². The summed E-state index contributed by atoms with van der Waals surface area (Å²) in [6, 6.07) is 12.8. The van der Waals surface area contributed by atoms with Crippen molar-refractivity contribution in [2.75, 3.05) is 6.54 Å². The first-order chi connectivity index (χ1) is 12.6. The van der Waals surface area contributed by atoms with E-state index in [1.807, 2.05) is 36.5 Å². The molecule has 0 atom stereocenters. The van der Waals surface area contributed by atoms with Crippen LogP contribution in [0.3, 0.4) is 0 Å². The SMILES string of the molecule is O=S(=O)(NCCCc1cnc2ncnn2c1)c1ccc2ccccc2c1. The van der Waals surface area contributed by atoms with E-state index in [2.05, 4.69) is 19.8 Å². The van der Waals surface area contributed by atoms with E-state index in [1.54, 1.807) is 22.8 Å². The van der Waals surface area contributed by atoms with Crippen LogP contribution in [-0.2, 0) is 16.4 Å². The van der Waals surface area contributed by atoms with E-state index in [9.17, 15) is 8.42 Å². The van der Waals surface area contributed by atoms with Gasteiger partial charge in [0.05, 0.1) is 4.90 Å². The minimum absolute atomic E-state index is 0.280. The van der Waals surface area contributed by atoms with Crippen LogP contribution in [0.15, 0.2) is 66.1 Å². The minimum atomic E-state index is -3.53. The number of sulfonamides is 1. The number of aromatic nitrogens is 4. The zero-order valence-corrected chi connectivity index (χ0v) is 14.7. The van der Waals surface area contributed by atoms with Crippen molar-refractivity contribution in [1.82, 2.24) is 24.3 Å². The van der Waals surface area contributed by atoms with Gasteiger partial charge in [-0.05, 0) is 41.3 Å². The van der Waals surface area contributed by atoms with Crippen molar-refractivity contribution in [3.8, 4) is 0 Å². The highest BCUT2D eigenvalue weighted by atomic mass is 32.2. The molecule has 0 fully saturated rings. The number of hydrogen-bond donors (Lipinski definition) is 1. The summed E-state index contributed by atoms with van der Waals surface area (Å²) in [7, 11) is -3.53. The highest BCUT2D eigenvalue weighted by molar-refractivity contribution is 7.89. The molecule has 1 N–H and O–H groups in total. The Bertz CT molecular complexity index is 1170. The topological polar surface area (TPSA) is 89.2 Å². The monoisotopic (exact) mass is 367 g/mol. The molecule has 2 aromatic carbocycles. The van der Waals surface area contributed by atoms with Crippen LogP contribution in [0.25, 0.3) is 16.6 Å². The van der Waals surface area contributed by atoms with E-state index >= 15 is 0 Å². The second-order valence-corrected chi connectivity index (χ2v) is 7.74. The lowest BCUT2D eigenvalue weighted by molar-refractivity contribution is 0.579. The van der Waals surface area contributed by atoms with Gasteiger partial charge in [-0.25, -0.2) is 22.6 Å². The molecule has 0 saturated heterocycles. The smallest absolute Gasteiger partial charge is 0.219 e. The van der Waals surface area contributed by atoms with Crippen LogP contribution >= 0.6 is 0 Å². The third kappa shape index (κ3) is 3.42. The summed E-state index contributed by atoms with van der Waals surface area (Å²) in [5, 5.41) is 5.96. The fourth-order valence-electron chi connectivity index (χ4n) is 2.80. The van der Waals surface area contributed by atoms with Gasteiger partial charge in [-0.3, -0.25) is 0 Å². The molecule has 8 heteroatoms. The molecular weight excluding hydrogens is 350 g/mol. The maximum Gasteiger partial charge on any atom is 0.252 e. The zero-order chi connectivity index (χ0) is 18.0. The predicted octanol–water partition coefficient (Wildman–Crippen LogP) is 2.19. The molecule has 0 spiro atoms. The Balaban J connectivity index is 1.39. The lowest BCUT2D eigenvalue weighted by Crippen LogP contribution is -2.25. The molecule has 132 valence electrons. The lowest BCUT2D eigenvalue weighted by atomic mass is 10.1. The summed E-state index contributed by atoms with van der Waals surface area (Å²) < 4.78 is 29.2. The Hall–Kier alpha value is -2.84. The number of nitrogens with zero attached hydrogens (tertiary/aromatic N) is 4. The Labute approximate surface area is 150 Å². The molecule has 0 radical (unpaired) electrons. The maximum atomic E-state index is 12.5. The van der Waals surface area contributed by atoms with Crippen LogP contribution in [0.2, 0.25) is 0 Å². The normalized spacial score (nSPS) is 12.0. The average molecular weight is 367 g/mol. The number of fused-ring (bicyclic) bond motifs is 2. The van der Waals surface area contributed by atoms with Crippen molar-refractivity contribution >= 4 is 26.6 Å². The summed E-state index contributed by atoms with van der Waals surface area (Å²) in [6.45, 7) is 0.352. The molecule has 0 bridgehead atoms. The van der Waals surface area contributed by atoms with Gasteiger partial charge in [-0.2, -0.15) is 10.1 Å². The minimum Gasteiger partial charge on any atom is -0.219 e. The summed E-state index contributed by atoms with van der Waals surface area (Å²) >= 11 is 0. The quantitative estimate of drug-likeness (QED) is 0.528. The van der Waals surface area contributed by atoms with Gasteiger partial charge in [0.15, 0.2) is 0 Å². The molecule has 0 saturated carbocycles. The molecule has 0 aliphatic rings. The third-order valence-electron chi connectivity index (χ3n) is 4.15. The third-order valence-corrected chi connectivity index (χ3v) is 5.61. The first-order valence-corrected chi connectivity index (χ1v) is 9.73. The van der Waals surface area contributed by atoms with Gasteiger partial charge in [0, 0.05) is 18.9 Å². The van der Waals surface area contributed by atoms with E-state index in [4.69, 9.17) is 0 Å². The van der Waals surface area contributed by atoms with E-state index < -0.39 is 10.0 Å². The standard InChI is InChI=1S/C18H17N5O2S/c24-26(25,17-8-7-15-5-1-2-6-16(15)10-17)22-9-3-4-14-11-19-18-20-13-21-23(18)12-14/h1-2,5-8,10-13,22H,3-4,9H2. The van der Waals surface area contributed by atoms with Crippen LogP contribution in [0.1, 0.15) is 12.0 Å². The van der Waals surface area contributed by atoms with Crippen molar-refractivity contribution in [2.24, 2.45) is 0 Å². The van der Waals surface area contributed by atoms with Crippen molar-refractivity contribution in [1.29, 1.82) is 0 Å². The highest BCUT2D eigenvalue weighted by Gasteiger charge is 2.13. The van der Waals surface area contributed by atoms with Gasteiger partial charge in [0.2, 0.25) is 10.0 Å². The molecule has 26 heavy (non-hydrogen) atoms. The largest absolute Gasteiger partial charge is 0.252 e. The zero-order valence-electron chi connectivity index (χ0n) is 13.9. The molecular formula is C18H17N5O2S. The Morgan fingerprint density at radius 2 is 1.88 bits per heavy atom. The maximum absolute atomic E-state index is 12.5. The van der Waals surface area contributed by atoms with Crippen molar-refractivity contribution in [3.05, 3.63) is 66.7 Å². The number of nitrogens with one attached hydrogen (secondary N) is 1. The van der Waals surface area contributed by atoms with Crippen molar-refractivity contribution in [2.45, 2.75) is 17.7 Å². The van der Waals surface area contributed by atoms with Crippen LogP contribution in [0.5, 0.6) is 0 Å². The Morgan fingerprint density at radius 3 is 2.77 bits per heavy atom. The van der Waals surface area contributed by atoms with Crippen LogP contribution in [0.4, 0.5) is 0 Å². The molecule has 0 aliphatic heterocycles. The van der Waals surface area contributed by atoms with E-state index in [-0.39, 0.29) is 4.90 Å². The summed E-state index contributed by atoms with van der Waals surface area (Å²) in [5.41, 5.74) is 0.980. The molecule has 0 aliphatic carbocycles. The van der Waals surface area contributed by atoms with Crippen LogP contribution in [-0.4, -0.2) is 34.5 Å². The van der Waals surface area contributed by atoms with Crippen molar-refractivity contribution < 1.29 is 8.42 Å². The summed E-state index contributed by atoms with van der Waals surface area (Å²) in [5.74, 6) is 0.547. The Morgan fingerprint density at radius 1 is 1.04 bits per heavy atom. The lowest BCUT2D eigenvalue weighted by Gasteiger charge is -2.08. The molecule has 0 amide bonds. The fraction of sp³-hybridized carbons (Fsp3) is 0.167. The number of rotatable bonds is 6. The first kappa shape index (κ1) is 16.6. The Kier molecular flexibility index (Phi) is 4.36. The van der Waals surface area contributed by atoms with Gasteiger partial charge in [0.25, 0.3) is 5.78 Å². The van der Waals surface area contributed by atoms with E-state index in [1.165, 1.54) is 6.33 Å². The van der Waals surface area contributed by atoms with Gasteiger partial charge in [-0.15, -0.1) is 0 Å². The summed E-state index contributed by atoms with van der Waals surface area (Å²) in [6.07, 6.45) is 6.40. The van der Waals surface area contributed by atoms with Gasteiger partial charge < -0.3 is 0 Å². The molecule has 2 heterocycles. The second-order valence-electron chi connectivity index (χ2n) is 5.98. The molecule has 2 aromatic heterocycles. The average Bonchev–Trinajstić information content (AvgIpc) is 3.13. The molecule has 4 rings (SSSR count). The number of aryl methyl sites for hydroxylation is 1. The molecule has 7 nitrogen and oxygen atoms in total. The second kappa shape index (κ2) is 6.81. The predicted molar refractivity (Wildman–Crippen MR) is 98.2 cm³/mol. The van der Waals surface area contributed by atoms with E-state index in [0.29, 0.717) is 25.2 Å². The van der Waals surface area contributed by atoms with Gasteiger partial charge in [-0.1, -0.05) is 30.3 Å². The van der Waals surface area contributed by atoms with E-state index in [0.717, 1.165) is 16.3 Å². The van der Waals surface area contributed by atoms with Gasteiger partial charge >= 0.3 is 0 Å². The number of benzene rings is 2. The highest BCUT2D eigenvalue weighted by Crippen LogP contribution is 2.18.